The third-order valence-corrected chi connectivity index (χ3v) is 17.1. The van der Waals surface area contributed by atoms with Crippen LogP contribution in [0.5, 0.6) is 0 Å². The van der Waals surface area contributed by atoms with Gasteiger partial charge in [-0.1, -0.05) is 128 Å². The maximum absolute atomic E-state index is 4.65. The highest BCUT2D eigenvalue weighted by atomic mass is 15.1. The summed E-state index contributed by atoms with van der Waals surface area (Å²) < 4.78 is 0. The van der Waals surface area contributed by atoms with Crippen molar-refractivity contribution in [1.29, 1.82) is 0 Å². The predicted octanol–water partition coefficient (Wildman–Crippen LogP) is 8.88. The normalized spacial score (nSPS) is 48.0. The Balaban J connectivity index is 1.07. The van der Waals surface area contributed by atoms with E-state index in [0.29, 0.717) is 12.1 Å². The molecule has 4 aliphatic carbocycles. The second-order valence-electron chi connectivity index (χ2n) is 19.4. The molecule has 0 radical (unpaired) electrons. The van der Waals surface area contributed by atoms with Crippen molar-refractivity contribution < 1.29 is 0 Å². The maximum atomic E-state index is 4.65. The average molecular weight is 647 g/mol. The zero-order valence-electron chi connectivity index (χ0n) is 30.3. The summed E-state index contributed by atoms with van der Waals surface area (Å²) in [5.74, 6) is 7.29. The molecule has 4 N–H and O–H groups in total. The van der Waals surface area contributed by atoms with Gasteiger partial charge in [0, 0.05) is 48.3 Å². The van der Waals surface area contributed by atoms with Gasteiger partial charge in [-0.05, 0) is 92.3 Å². The lowest BCUT2D eigenvalue weighted by Gasteiger charge is -2.42. The molecule has 4 saturated carbocycles. The highest BCUT2D eigenvalue weighted by Crippen LogP contribution is 2.49. The molecular formula is C43H74N4. The van der Waals surface area contributed by atoms with E-state index >= 15 is 0 Å². The van der Waals surface area contributed by atoms with Gasteiger partial charge in [-0.15, -0.1) is 0 Å². The van der Waals surface area contributed by atoms with E-state index in [9.17, 15) is 0 Å². The van der Waals surface area contributed by atoms with Crippen LogP contribution in [0, 0.1) is 47.3 Å². The Bertz CT molecular complexity index is 992. The Hall–Kier alpha value is -0.160. The van der Waals surface area contributed by atoms with Crippen molar-refractivity contribution in [2.75, 3.05) is 0 Å². The summed E-state index contributed by atoms with van der Waals surface area (Å²) in [6.07, 6.45) is 40.2. The van der Waals surface area contributed by atoms with Gasteiger partial charge in [0.1, 0.15) is 0 Å². The van der Waals surface area contributed by atoms with Crippen molar-refractivity contribution in [3.63, 3.8) is 0 Å². The first-order valence-corrected chi connectivity index (χ1v) is 22.3. The van der Waals surface area contributed by atoms with Crippen LogP contribution >= 0.6 is 0 Å². The number of hydrogen-bond donors (Lipinski definition) is 4. The standard InChI is InChI=1S/C43H74N4/c1-5-13-28(14-6-1)32-27-39-42(31-19-11-4-12-20-31)37-24-23-34(45-37)40(29-15-7-2-8-16-29)33-21-22-35(44-33)41(30-17-9-3-10-18-30)36-25-26-38(46-36)43(32)47-39/h28-47H,1-27H2. The molecule has 9 rings (SSSR count). The minimum Gasteiger partial charge on any atom is -0.311 e. The highest BCUT2D eigenvalue weighted by Gasteiger charge is 2.53. The van der Waals surface area contributed by atoms with Crippen molar-refractivity contribution >= 4 is 0 Å². The largest absolute Gasteiger partial charge is 0.311 e. The lowest BCUT2D eigenvalue weighted by Crippen LogP contribution is -2.54. The van der Waals surface area contributed by atoms with Crippen LogP contribution in [0.4, 0.5) is 0 Å². The first-order chi connectivity index (χ1) is 23.3. The Kier molecular flexibility index (Phi) is 10.3. The van der Waals surface area contributed by atoms with E-state index in [2.05, 4.69) is 21.3 Å². The third-order valence-electron chi connectivity index (χ3n) is 17.1. The SMILES string of the molecule is C1CCC(C2CC3NC2C2CCC(N2)C(C2CCCCC2)C2CCC(N2)C(C2CCCCC2)C2CCC(N2)C3C2CCCCC2)CC1. The fourth-order valence-electron chi connectivity index (χ4n) is 15.2. The number of nitrogens with one attached hydrogen (secondary N) is 4. The molecule has 0 aromatic carbocycles. The molecule has 47 heavy (non-hydrogen) atoms. The predicted molar refractivity (Wildman–Crippen MR) is 195 cm³/mol. The molecule has 9 aliphatic rings. The first kappa shape index (κ1) is 32.7. The van der Waals surface area contributed by atoms with Crippen molar-refractivity contribution in [3.05, 3.63) is 0 Å². The smallest absolute Gasteiger partial charge is 0.0255 e. The van der Waals surface area contributed by atoms with E-state index in [4.69, 9.17) is 0 Å². The molecule has 5 heterocycles. The summed E-state index contributed by atoms with van der Waals surface area (Å²) in [5, 5.41) is 18.4. The third kappa shape index (κ3) is 6.68. The van der Waals surface area contributed by atoms with E-state index in [0.717, 1.165) is 83.6 Å². The number of hydrogen-bond acceptors (Lipinski definition) is 4. The van der Waals surface area contributed by atoms with Crippen LogP contribution in [0.2, 0.25) is 0 Å². The van der Waals surface area contributed by atoms with Gasteiger partial charge in [-0.3, -0.25) is 0 Å². The van der Waals surface area contributed by atoms with E-state index < -0.39 is 0 Å². The molecule has 8 bridgehead atoms. The van der Waals surface area contributed by atoms with Crippen LogP contribution in [-0.4, -0.2) is 48.3 Å². The van der Waals surface area contributed by atoms with Gasteiger partial charge in [0.25, 0.3) is 0 Å². The summed E-state index contributed by atoms with van der Waals surface area (Å²) in [6, 6.07) is 5.92. The van der Waals surface area contributed by atoms with Gasteiger partial charge in [0.05, 0.1) is 0 Å². The monoisotopic (exact) mass is 647 g/mol. The van der Waals surface area contributed by atoms with Crippen LogP contribution in [0.25, 0.3) is 0 Å². The van der Waals surface area contributed by atoms with Crippen LogP contribution in [0.3, 0.4) is 0 Å². The molecule has 12 atom stereocenters. The summed E-state index contributed by atoms with van der Waals surface area (Å²) in [5.41, 5.74) is 0. The van der Waals surface area contributed by atoms with Crippen LogP contribution in [0.1, 0.15) is 173 Å². The zero-order chi connectivity index (χ0) is 31.2. The molecule has 0 aromatic heterocycles. The van der Waals surface area contributed by atoms with Gasteiger partial charge in [0.15, 0.2) is 0 Å². The van der Waals surface area contributed by atoms with Crippen LogP contribution < -0.4 is 21.3 Å². The van der Waals surface area contributed by atoms with Crippen molar-refractivity contribution in [2.24, 2.45) is 47.3 Å². The molecule has 5 aliphatic heterocycles. The van der Waals surface area contributed by atoms with Crippen molar-refractivity contribution in [3.8, 4) is 0 Å². The van der Waals surface area contributed by atoms with Gasteiger partial charge < -0.3 is 21.3 Å². The van der Waals surface area contributed by atoms with Gasteiger partial charge in [-0.25, -0.2) is 0 Å². The van der Waals surface area contributed by atoms with Crippen LogP contribution in [0.15, 0.2) is 0 Å². The molecule has 0 spiro atoms. The minimum absolute atomic E-state index is 0.705. The summed E-state index contributed by atoms with van der Waals surface area (Å²) in [7, 11) is 0. The summed E-state index contributed by atoms with van der Waals surface area (Å²) in [4.78, 5) is 0. The molecule has 9 fully saturated rings. The second kappa shape index (κ2) is 14.8. The molecule has 0 amide bonds. The fourth-order valence-corrected chi connectivity index (χ4v) is 15.2. The van der Waals surface area contributed by atoms with Crippen molar-refractivity contribution in [2.45, 2.75) is 222 Å². The Morgan fingerprint density at radius 2 is 0.574 bits per heavy atom. The summed E-state index contributed by atoms with van der Waals surface area (Å²) in [6.45, 7) is 0. The van der Waals surface area contributed by atoms with E-state index in [1.54, 1.807) is 0 Å². The quantitative estimate of drug-likeness (QED) is 0.247. The van der Waals surface area contributed by atoms with Crippen molar-refractivity contribution in [1.82, 2.24) is 21.3 Å². The van der Waals surface area contributed by atoms with Gasteiger partial charge in [-0.2, -0.15) is 0 Å². The Labute approximate surface area is 289 Å². The number of fused-ring (bicyclic) bond motifs is 9. The second-order valence-corrected chi connectivity index (χ2v) is 19.4. The molecule has 5 saturated heterocycles. The highest BCUT2D eigenvalue weighted by molar-refractivity contribution is 5.11. The molecule has 12 unspecified atom stereocenters. The molecular weight excluding hydrogens is 573 g/mol. The topological polar surface area (TPSA) is 48.1 Å². The maximum Gasteiger partial charge on any atom is 0.0255 e. The van der Waals surface area contributed by atoms with Gasteiger partial charge >= 0.3 is 0 Å². The Morgan fingerprint density at radius 1 is 0.255 bits per heavy atom. The minimum atomic E-state index is 0.705. The fraction of sp³-hybridized carbons (Fsp3) is 1.00. The first-order valence-electron chi connectivity index (χ1n) is 22.3. The Morgan fingerprint density at radius 3 is 0.979 bits per heavy atom. The summed E-state index contributed by atoms with van der Waals surface area (Å²) >= 11 is 0. The van der Waals surface area contributed by atoms with Crippen LogP contribution in [-0.2, 0) is 0 Å². The van der Waals surface area contributed by atoms with Gasteiger partial charge in [0.2, 0.25) is 0 Å². The molecule has 0 aromatic rings. The van der Waals surface area contributed by atoms with E-state index in [1.165, 1.54) is 173 Å². The van der Waals surface area contributed by atoms with E-state index in [-0.39, 0.29) is 0 Å². The lowest BCUT2D eigenvalue weighted by atomic mass is 9.70. The number of rotatable bonds is 4. The molecule has 4 heteroatoms. The average Bonchev–Trinajstić information content (AvgIpc) is 3.96. The van der Waals surface area contributed by atoms with E-state index in [1.807, 2.05) is 0 Å². The molecule has 266 valence electrons. The lowest BCUT2D eigenvalue weighted by molar-refractivity contribution is 0.126. The zero-order valence-corrected chi connectivity index (χ0v) is 30.3. The molecule has 4 nitrogen and oxygen atoms in total.